The van der Waals surface area contributed by atoms with Crippen molar-refractivity contribution in [2.24, 2.45) is 11.8 Å². The van der Waals surface area contributed by atoms with E-state index in [0.717, 1.165) is 5.75 Å². The highest BCUT2D eigenvalue weighted by molar-refractivity contribution is 7.80. The second kappa shape index (κ2) is 6.76. The maximum absolute atomic E-state index is 11.1. The highest BCUT2D eigenvalue weighted by Gasteiger charge is 2.17. The van der Waals surface area contributed by atoms with E-state index in [9.17, 15) is 10.1 Å². The Balaban J connectivity index is 2.33. The van der Waals surface area contributed by atoms with Gasteiger partial charge in [-0.3, -0.25) is 15.1 Å². The van der Waals surface area contributed by atoms with Crippen molar-refractivity contribution in [1.29, 1.82) is 0 Å². The number of hydrogen-bond acceptors (Lipinski definition) is 5. The molecule has 0 amide bonds. The van der Waals surface area contributed by atoms with E-state index < -0.39 is 4.92 Å². The first-order valence-electron chi connectivity index (χ1n) is 6.80. The van der Waals surface area contributed by atoms with Gasteiger partial charge in [-0.2, -0.15) is 12.6 Å². The molecule has 112 valence electrons. The SMILES string of the molecule is CC(C)C(CS)COc1ccc([N+](=O)[O-])c2cccnc12. The standard InChI is InChI=1S/C15H18N2O3S/c1-10(2)11(9-21)8-20-14-6-5-13(17(18)19)12-4-3-7-16-15(12)14/h3-7,10-11,21H,8-9H2,1-2H3. The lowest BCUT2D eigenvalue weighted by molar-refractivity contribution is -0.383. The number of pyridine rings is 1. The zero-order chi connectivity index (χ0) is 15.4. The third kappa shape index (κ3) is 3.44. The lowest BCUT2D eigenvalue weighted by Crippen LogP contribution is -2.19. The van der Waals surface area contributed by atoms with Crippen molar-refractivity contribution in [3.05, 3.63) is 40.6 Å². The minimum absolute atomic E-state index is 0.0417. The molecule has 0 radical (unpaired) electrons. The predicted octanol–water partition coefficient (Wildman–Crippen LogP) is 3.72. The second-order valence-corrected chi connectivity index (χ2v) is 5.60. The highest BCUT2D eigenvalue weighted by Crippen LogP contribution is 2.31. The van der Waals surface area contributed by atoms with Gasteiger partial charge >= 0.3 is 0 Å². The van der Waals surface area contributed by atoms with Crippen LogP contribution >= 0.6 is 12.6 Å². The summed E-state index contributed by atoms with van der Waals surface area (Å²) >= 11 is 4.33. The van der Waals surface area contributed by atoms with Gasteiger partial charge in [-0.25, -0.2) is 0 Å². The van der Waals surface area contributed by atoms with Crippen LogP contribution in [0.15, 0.2) is 30.5 Å². The number of hydrogen-bond donors (Lipinski definition) is 1. The number of benzene rings is 1. The smallest absolute Gasteiger partial charge is 0.279 e. The van der Waals surface area contributed by atoms with Gasteiger partial charge in [-0.1, -0.05) is 13.8 Å². The summed E-state index contributed by atoms with van der Waals surface area (Å²) in [5.74, 6) is 2.08. The molecule has 0 bridgehead atoms. The molecule has 5 nitrogen and oxygen atoms in total. The summed E-state index contributed by atoms with van der Waals surface area (Å²) in [6.45, 7) is 4.76. The zero-order valence-electron chi connectivity index (χ0n) is 12.0. The molecule has 1 atom stereocenters. The average molecular weight is 306 g/mol. The van der Waals surface area contributed by atoms with Crippen molar-refractivity contribution in [3.63, 3.8) is 0 Å². The Morgan fingerprint density at radius 3 is 2.76 bits per heavy atom. The molecule has 1 aromatic heterocycles. The Bertz CT molecular complexity index is 646. The van der Waals surface area contributed by atoms with Crippen molar-refractivity contribution in [2.75, 3.05) is 12.4 Å². The lowest BCUT2D eigenvalue weighted by atomic mass is 9.99. The first-order chi connectivity index (χ1) is 10.0. The molecule has 0 N–H and O–H groups in total. The van der Waals surface area contributed by atoms with Gasteiger partial charge in [0.1, 0.15) is 11.3 Å². The molecule has 1 aromatic carbocycles. The highest BCUT2D eigenvalue weighted by atomic mass is 32.1. The summed E-state index contributed by atoms with van der Waals surface area (Å²) < 4.78 is 5.83. The fraction of sp³-hybridized carbons (Fsp3) is 0.400. The van der Waals surface area contributed by atoms with Crippen LogP contribution in [0.1, 0.15) is 13.8 Å². The molecule has 0 aliphatic carbocycles. The van der Waals surface area contributed by atoms with Gasteiger partial charge in [0.15, 0.2) is 0 Å². The maximum Gasteiger partial charge on any atom is 0.279 e. The molecule has 6 heteroatoms. The van der Waals surface area contributed by atoms with E-state index in [2.05, 4.69) is 31.5 Å². The van der Waals surface area contributed by atoms with E-state index in [4.69, 9.17) is 4.74 Å². The molecule has 0 aliphatic heterocycles. The van der Waals surface area contributed by atoms with Gasteiger partial charge in [-0.15, -0.1) is 0 Å². The maximum atomic E-state index is 11.1. The molecule has 2 rings (SSSR count). The molecule has 0 fully saturated rings. The van der Waals surface area contributed by atoms with Crippen LogP contribution in [0.5, 0.6) is 5.75 Å². The van der Waals surface area contributed by atoms with E-state index in [-0.39, 0.29) is 5.69 Å². The van der Waals surface area contributed by atoms with Gasteiger partial charge in [0.05, 0.1) is 16.9 Å². The van der Waals surface area contributed by atoms with Crippen molar-refractivity contribution >= 4 is 29.2 Å². The molecular weight excluding hydrogens is 288 g/mol. The van der Waals surface area contributed by atoms with Crippen LogP contribution in [0.25, 0.3) is 10.9 Å². The third-order valence-corrected chi connectivity index (χ3v) is 4.01. The summed E-state index contributed by atoms with van der Waals surface area (Å²) in [5.41, 5.74) is 0.563. The molecular formula is C15H18N2O3S. The van der Waals surface area contributed by atoms with Gasteiger partial charge < -0.3 is 4.74 Å². The molecule has 1 unspecified atom stereocenters. The van der Waals surface area contributed by atoms with Crippen LogP contribution in [0.3, 0.4) is 0 Å². The third-order valence-electron chi connectivity index (χ3n) is 3.54. The number of nitro groups is 1. The Kier molecular flexibility index (Phi) is 5.01. The van der Waals surface area contributed by atoms with Crippen LogP contribution in [0.4, 0.5) is 5.69 Å². The second-order valence-electron chi connectivity index (χ2n) is 5.24. The number of rotatable bonds is 6. The molecule has 2 aromatic rings. The van der Waals surface area contributed by atoms with E-state index in [1.165, 1.54) is 6.07 Å². The van der Waals surface area contributed by atoms with Gasteiger partial charge in [0.25, 0.3) is 5.69 Å². The number of nitro benzene ring substituents is 1. The van der Waals surface area contributed by atoms with Crippen LogP contribution < -0.4 is 4.74 Å². The largest absolute Gasteiger partial charge is 0.491 e. The number of fused-ring (bicyclic) bond motifs is 1. The Morgan fingerprint density at radius 2 is 2.14 bits per heavy atom. The number of non-ortho nitro benzene ring substituents is 1. The minimum Gasteiger partial charge on any atom is -0.491 e. The summed E-state index contributed by atoms with van der Waals surface area (Å²) in [7, 11) is 0. The average Bonchev–Trinajstić information content (AvgIpc) is 2.47. The quantitative estimate of drug-likeness (QED) is 0.502. The first kappa shape index (κ1) is 15.6. The Labute approximate surface area is 128 Å². The van der Waals surface area contributed by atoms with E-state index in [1.807, 2.05) is 0 Å². The fourth-order valence-corrected chi connectivity index (χ4v) is 2.59. The van der Waals surface area contributed by atoms with Crippen molar-refractivity contribution in [2.45, 2.75) is 13.8 Å². The predicted molar refractivity (Wildman–Crippen MR) is 86.1 cm³/mol. The Morgan fingerprint density at radius 1 is 1.38 bits per heavy atom. The monoisotopic (exact) mass is 306 g/mol. The number of thiol groups is 1. The zero-order valence-corrected chi connectivity index (χ0v) is 12.9. The van der Waals surface area contributed by atoms with Gasteiger partial charge in [0, 0.05) is 18.2 Å². The normalized spacial score (nSPS) is 12.6. The molecule has 1 heterocycles. The summed E-state index contributed by atoms with van der Waals surface area (Å²) in [6, 6.07) is 6.45. The first-order valence-corrected chi connectivity index (χ1v) is 7.43. The van der Waals surface area contributed by atoms with Gasteiger partial charge in [0.2, 0.25) is 0 Å². The molecule has 0 saturated carbocycles. The van der Waals surface area contributed by atoms with Crippen molar-refractivity contribution in [1.82, 2.24) is 4.98 Å². The lowest BCUT2D eigenvalue weighted by Gasteiger charge is -2.19. The molecule has 0 aliphatic rings. The van der Waals surface area contributed by atoms with Crippen LogP contribution in [-0.2, 0) is 0 Å². The topological polar surface area (TPSA) is 65.3 Å². The number of nitrogens with zero attached hydrogens (tertiary/aromatic N) is 2. The van der Waals surface area contributed by atoms with E-state index >= 15 is 0 Å². The summed E-state index contributed by atoms with van der Waals surface area (Å²) in [6.07, 6.45) is 1.61. The van der Waals surface area contributed by atoms with Crippen molar-refractivity contribution in [3.8, 4) is 5.75 Å². The van der Waals surface area contributed by atoms with Crippen molar-refractivity contribution < 1.29 is 9.66 Å². The minimum atomic E-state index is -0.404. The molecule has 0 saturated heterocycles. The summed E-state index contributed by atoms with van der Waals surface area (Å²) in [4.78, 5) is 14.9. The Hall–Kier alpha value is -1.82. The number of aromatic nitrogens is 1. The number of ether oxygens (including phenoxy) is 1. The van der Waals surface area contributed by atoms with Crippen LogP contribution in [0.2, 0.25) is 0 Å². The van der Waals surface area contributed by atoms with E-state index in [0.29, 0.717) is 35.1 Å². The summed E-state index contributed by atoms with van der Waals surface area (Å²) in [5, 5.41) is 11.5. The van der Waals surface area contributed by atoms with Crippen LogP contribution in [-0.4, -0.2) is 22.3 Å². The van der Waals surface area contributed by atoms with Gasteiger partial charge in [-0.05, 0) is 29.9 Å². The molecule has 0 spiro atoms. The van der Waals surface area contributed by atoms with Crippen LogP contribution in [0, 0.1) is 22.0 Å². The van der Waals surface area contributed by atoms with E-state index in [1.54, 1.807) is 24.4 Å². The fourth-order valence-electron chi connectivity index (χ4n) is 2.06. The molecule has 21 heavy (non-hydrogen) atoms.